The first kappa shape index (κ1) is 16.9. The summed E-state index contributed by atoms with van der Waals surface area (Å²) >= 11 is 0. The van der Waals surface area contributed by atoms with Gasteiger partial charge < -0.3 is 10.4 Å². The third-order valence-electron chi connectivity index (χ3n) is 3.63. The van der Waals surface area contributed by atoms with Gasteiger partial charge in [0.2, 0.25) is 0 Å². The monoisotopic (exact) mass is 318 g/mol. The summed E-state index contributed by atoms with van der Waals surface area (Å²) in [4.78, 5) is 27.5. The second-order valence-corrected chi connectivity index (χ2v) is 6.13. The summed E-state index contributed by atoms with van der Waals surface area (Å²) in [5, 5.41) is 16.6. The lowest BCUT2D eigenvalue weighted by Gasteiger charge is -2.12. The number of nitrogens with one attached hydrogen (secondary N) is 1. The minimum absolute atomic E-state index is 0.0255. The minimum atomic E-state index is -0.868. The number of hydrogen-bond donors (Lipinski definition) is 2. The van der Waals surface area contributed by atoms with Crippen LogP contribution < -0.4 is 5.32 Å². The Labute approximate surface area is 134 Å². The molecule has 124 valence electrons. The van der Waals surface area contributed by atoms with Crippen molar-refractivity contribution in [2.75, 3.05) is 6.54 Å². The van der Waals surface area contributed by atoms with Gasteiger partial charge in [0.1, 0.15) is 0 Å². The molecule has 2 rings (SSSR count). The van der Waals surface area contributed by atoms with Crippen molar-refractivity contribution in [3.63, 3.8) is 0 Å². The van der Waals surface area contributed by atoms with Gasteiger partial charge in [-0.05, 0) is 32.8 Å². The standard InChI is InChI=1S/C16H22N4O3/c1-9(2)20-15-12(8-18-20)6-13(11(4)19-15)16(23)17-7-10(3)5-14(21)22/h6,8-10H,5,7H2,1-4H3,(H,17,23)(H,21,22). The zero-order chi connectivity index (χ0) is 17.1. The van der Waals surface area contributed by atoms with Crippen LogP contribution in [0.1, 0.15) is 49.3 Å². The number of carboxylic acid groups (broad SMARTS) is 1. The highest BCUT2D eigenvalue weighted by molar-refractivity contribution is 5.98. The first-order valence-electron chi connectivity index (χ1n) is 7.64. The second kappa shape index (κ2) is 6.76. The van der Waals surface area contributed by atoms with Crippen molar-refractivity contribution in [3.8, 4) is 0 Å². The maximum atomic E-state index is 12.3. The van der Waals surface area contributed by atoms with Gasteiger partial charge in [-0.25, -0.2) is 9.67 Å². The van der Waals surface area contributed by atoms with Gasteiger partial charge in [-0.2, -0.15) is 5.10 Å². The van der Waals surface area contributed by atoms with Crippen LogP contribution in [0.4, 0.5) is 0 Å². The normalized spacial score (nSPS) is 12.6. The molecule has 0 aliphatic carbocycles. The minimum Gasteiger partial charge on any atom is -0.481 e. The molecule has 1 atom stereocenters. The fourth-order valence-corrected chi connectivity index (χ4v) is 2.41. The quantitative estimate of drug-likeness (QED) is 0.850. The van der Waals surface area contributed by atoms with Gasteiger partial charge in [0, 0.05) is 24.4 Å². The van der Waals surface area contributed by atoms with E-state index in [1.54, 1.807) is 26.1 Å². The predicted octanol–water partition coefficient (Wildman–Crippen LogP) is 2.16. The van der Waals surface area contributed by atoms with Crippen molar-refractivity contribution >= 4 is 22.9 Å². The zero-order valence-electron chi connectivity index (χ0n) is 13.8. The molecule has 0 saturated heterocycles. The maximum absolute atomic E-state index is 12.3. The number of carbonyl (C=O) groups excluding carboxylic acids is 1. The molecular formula is C16H22N4O3. The number of pyridine rings is 1. The molecule has 0 saturated carbocycles. The number of nitrogens with zero attached hydrogens (tertiary/aromatic N) is 3. The van der Waals surface area contributed by atoms with E-state index in [4.69, 9.17) is 5.11 Å². The van der Waals surface area contributed by atoms with E-state index in [9.17, 15) is 9.59 Å². The van der Waals surface area contributed by atoms with Crippen LogP contribution in [0, 0.1) is 12.8 Å². The molecule has 0 fully saturated rings. The number of aromatic nitrogens is 3. The average molecular weight is 318 g/mol. The number of rotatable bonds is 6. The average Bonchev–Trinajstić information content (AvgIpc) is 2.86. The third-order valence-corrected chi connectivity index (χ3v) is 3.63. The van der Waals surface area contributed by atoms with Crippen LogP contribution >= 0.6 is 0 Å². The van der Waals surface area contributed by atoms with Gasteiger partial charge in [-0.3, -0.25) is 9.59 Å². The zero-order valence-corrected chi connectivity index (χ0v) is 13.8. The Morgan fingerprint density at radius 3 is 2.65 bits per heavy atom. The lowest BCUT2D eigenvalue weighted by Crippen LogP contribution is -2.29. The van der Waals surface area contributed by atoms with E-state index in [1.807, 2.05) is 18.5 Å². The summed E-state index contributed by atoms with van der Waals surface area (Å²) in [6.45, 7) is 7.93. The van der Waals surface area contributed by atoms with Crippen LogP contribution in [0.5, 0.6) is 0 Å². The lowest BCUT2D eigenvalue weighted by molar-refractivity contribution is -0.137. The van der Waals surface area contributed by atoms with Crippen molar-refractivity contribution in [1.29, 1.82) is 0 Å². The fraction of sp³-hybridized carbons (Fsp3) is 0.500. The molecule has 2 aromatic heterocycles. The van der Waals surface area contributed by atoms with E-state index in [1.165, 1.54) is 0 Å². The molecule has 0 aliphatic heterocycles. The lowest BCUT2D eigenvalue weighted by atomic mass is 10.1. The topological polar surface area (TPSA) is 97.1 Å². The van der Waals surface area contributed by atoms with E-state index in [0.717, 1.165) is 11.0 Å². The Morgan fingerprint density at radius 1 is 1.35 bits per heavy atom. The van der Waals surface area contributed by atoms with Crippen molar-refractivity contribution in [2.24, 2.45) is 5.92 Å². The first-order chi connectivity index (χ1) is 10.8. The summed E-state index contributed by atoms with van der Waals surface area (Å²) in [6, 6.07) is 1.97. The van der Waals surface area contributed by atoms with Gasteiger partial charge in [0.25, 0.3) is 5.91 Å². The van der Waals surface area contributed by atoms with E-state index in [-0.39, 0.29) is 24.3 Å². The Bertz CT molecular complexity index is 736. The van der Waals surface area contributed by atoms with Gasteiger partial charge in [-0.1, -0.05) is 6.92 Å². The van der Waals surface area contributed by atoms with E-state index < -0.39 is 5.97 Å². The van der Waals surface area contributed by atoms with Crippen LogP contribution in [-0.4, -0.2) is 38.3 Å². The van der Waals surface area contributed by atoms with Gasteiger partial charge in [0.05, 0.1) is 17.5 Å². The molecule has 1 amide bonds. The van der Waals surface area contributed by atoms with Gasteiger partial charge >= 0.3 is 5.97 Å². The van der Waals surface area contributed by atoms with E-state index in [2.05, 4.69) is 15.4 Å². The molecule has 0 aromatic carbocycles. The van der Waals surface area contributed by atoms with Crippen molar-refractivity contribution in [1.82, 2.24) is 20.1 Å². The molecule has 0 radical (unpaired) electrons. The first-order valence-corrected chi connectivity index (χ1v) is 7.64. The van der Waals surface area contributed by atoms with Crippen LogP contribution in [0.2, 0.25) is 0 Å². The summed E-state index contributed by atoms with van der Waals surface area (Å²) in [5.74, 6) is -1.24. The highest BCUT2D eigenvalue weighted by atomic mass is 16.4. The maximum Gasteiger partial charge on any atom is 0.303 e. The molecule has 2 heterocycles. The third kappa shape index (κ3) is 3.85. The molecule has 7 heteroatoms. The largest absolute Gasteiger partial charge is 0.481 e. The predicted molar refractivity (Wildman–Crippen MR) is 86.4 cm³/mol. The van der Waals surface area contributed by atoms with Crippen LogP contribution in [0.15, 0.2) is 12.3 Å². The van der Waals surface area contributed by atoms with E-state index >= 15 is 0 Å². The highest BCUT2D eigenvalue weighted by Crippen LogP contribution is 2.19. The number of hydrogen-bond acceptors (Lipinski definition) is 4. The molecule has 0 aliphatic rings. The molecule has 23 heavy (non-hydrogen) atoms. The summed E-state index contributed by atoms with van der Waals surface area (Å²) in [6.07, 6.45) is 1.73. The Kier molecular flexibility index (Phi) is 4.98. The number of carboxylic acids is 1. The summed E-state index contributed by atoms with van der Waals surface area (Å²) in [7, 11) is 0. The number of carbonyl (C=O) groups is 2. The SMILES string of the molecule is Cc1nc2c(cnn2C(C)C)cc1C(=O)NCC(C)CC(=O)O. The van der Waals surface area contributed by atoms with Gasteiger partial charge in [-0.15, -0.1) is 0 Å². The fourth-order valence-electron chi connectivity index (χ4n) is 2.41. The van der Waals surface area contributed by atoms with Crippen molar-refractivity contribution in [3.05, 3.63) is 23.5 Å². The van der Waals surface area contributed by atoms with Gasteiger partial charge in [0.15, 0.2) is 5.65 Å². The molecule has 2 N–H and O–H groups in total. The van der Waals surface area contributed by atoms with Crippen LogP contribution in [0.3, 0.4) is 0 Å². The summed E-state index contributed by atoms with van der Waals surface area (Å²) < 4.78 is 1.82. The number of aryl methyl sites for hydroxylation is 1. The molecule has 0 bridgehead atoms. The van der Waals surface area contributed by atoms with Crippen LogP contribution in [-0.2, 0) is 4.79 Å². The molecular weight excluding hydrogens is 296 g/mol. The smallest absolute Gasteiger partial charge is 0.303 e. The summed E-state index contributed by atoms with van der Waals surface area (Å²) in [5.41, 5.74) is 1.87. The van der Waals surface area contributed by atoms with Crippen LogP contribution in [0.25, 0.3) is 11.0 Å². The van der Waals surface area contributed by atoms with Crippen molar-refractivity contribution < 1.29 is 14.7 Å². The number of aliphatic carboxylic acids is 1. The molecule has 7 nitrogen and oxygen atoms in total. The number of amides is 1. The van der Waals surface area contributed by atoms with Crippen molar-refractivity contribution in [2.45, 2.75) is 40.2 Å². The Hall–Kier alpha value is -2.44. The molecule has 0 spiro atoms. The molecule has 1 unspecified atom stereocenters. The highest BCUT2D eigenvalue weighted by Gasteiger charge is 2.16. The Morgan fingerprint density at radius 2 is 2.04 bits per heavy atom. The Balaban J connectivity index is 2.18. The second-order valence-electron chi connectivity index (χ2n) is 6.13. The molecule has 2 aromatic rings. The van der Waals surface area contributed by atoms with E-state index in [0.29, 0.717) is 17.8 Å². The number of fused-ring (bicyclic) bond motifs is 1.